The topological polar surface area (TPSA) is 96.9 Å². The van der Waals surface area contributed by atoms with E-state index in [-0.39, 0.29) is 10.7 Å². The van der Waals surface area contributed by atoms with E-state index in [0.717, 1.165) is 10.0 Å². The molecular formula is C12H14BrN5O2S. The normalized spacial score (nSPS) is 11.2. The lowest BCUT2D eigenvalue weighted by molar-refractivity contribution is 0.600. The molecule has 0 aliphatic heterocycles. The van der Waals surface area contributed by atoms with Gasteiger partial charge in [0.1, 0.15) is 10.7 Å². The third-order valence-corrected chi connectivity index (χ3v) is 4.70. The van der Waals surface area contributed by atoms with Crippen LogP contribution >= 0.6 is 15.9 Å². The second-order valence-electron chi connectivity index (χ2n) is 4.20. The fraction of sp³-hybridized carbons (Fsp3) is 0.250. The third-order valence-electron chi connectivity index (χ3n) is 2.56. The molecule has 2 aromatic rings. The first-order valence-electron chi connectivity index (χ1n) is 6.13. The van der Waals surface area contributed by atoms with Crippen LogP contribution in [0.1, 0.15) is 12.5 Å². The lowest BCUT2D eigenvalue weighted by Gasteiger charge is -2.08. The second-order valence-corrected chi connectivity index (χ2v) is 6.73. The molecule has 2 heterocycles. The first kappa shape index (κ1) is 15.6. The maximum atomic E-state index is 12.2. The van der Waals surface area contributed by atoms with Crippen molar-refractivity contribution in [3.8, 4) is 0 Å². The van der Waals surface area contributed by atoms with Crippen LogP contribution in [0.4, 0.5) is 11.8 Å². The molecule has 0 saturated carbocycles. The number of anilines is 2. The molecule has 0 aromatic carbocycles. The van der Waals surface area contributed by atoms with Gasteiger partial charge < -0.3 is 5.32 Å². The van der Waals surface area contributed by atoms with Crippen LogP contribution in [0.5, 0.6) is 0 Å². The zero-order valence-corrected chi connectivity index (χ0v) is 13.9. The van der Waals surface area contributed by atoms with Crippen LogP contribution in [-0.2, 0) is 10.0 Å². The Morgan fingerprint density at radius 3 is 2.43 bits per heavy atom. The summed E-state index contributed by atoms with van der Waals surface area (Å²) in [6.45, 7) is 4.40. The maximum Gasteiger partial charge on any atom is 0.266 e. The summed E-state index contributed by atoms with van der Waals surface area (Å²) in [6.07, 6.45) is 4.04. The van der Waals surface area contributed by atoms with E-state index in [2.05, 4.69) is 40.9 Å². The summed E-state index contributed by atoms with van der Waals surface area (Å²) in [5, 5.41) is 2.89. The van der Waals surface area contributed by atoms with Crippen molar-refractivity contribution in [2.75, 3.05) is 16.6 Å². The van der Waals surface area contributed by atoms with E-state index < -0.39 is 10.0 Å². The maximum absolute atomic E-state index is 12.2. The Kier molecular flexibility index (Phi) is 4.73. The van der Waals surface area contributed by atoms with Crippen molar-refractivity contribution in [3.05, 3.63) is 34.7 Å². The molecule has 21 heavy (non-hydrogen) atoms. The number of nitrogens with one attached hydrogen (secondary N) is 2. The molecule has 0 unspecified atom stereocenters. The molecule has 0 atom stereocenters. The van der Waals surface area contributed by atoms with Crippen molar-refractivity contribution in [2.45, 2.75) is 18.7 Å². The van der Waals surface area contributed by atoms with Gasteiger partial charge in [-0.2, -0.15) is 0 Å². The monoisotopic (exact) mass is 371 g/mol. The zero-order valence-electron chi connectivity index (χ0n) is 11.5. The fourth-order valence-corrected chi connectivity index (χ4v) is 2.60. The van der Waals surface area contributed by atoms with E-state index >= 15 is 0 Å². The number of sulfonamides is 1. The van der Waals surface area contributed by atoms with Gasteiger partial charge in [0, 0.05) is 17.2 Å². The van der Waals surface area contributed by atoms with Crippen LogP contribution in [0.2, 0.25) is 0 Å². The fourth-order valence-electron chi connectivity index (χ4n) is 1.50. The highest BCUT2D eigenvalue weighted by atomic mass is 79.9. The van der Waals surface area contributed by atoms with Gasteiger partial charge in [0.05, 0.1) is 12.4 Å². The number of aryl methyl sites for hydroxylation is 1. The second kappa shape index (κ2) is 6.35. The zero-order chi connectivity index (χ0) is 15.5. The van der Waals surface area contributed by atoms with Gasteiger partial charge in [-0.15, -0.1) is 0 Å². The number of halogens is 1. The highest BCUT2D eigenvalue weighted by Crippen LogP contribution is 2.19. The standard InChI is InChI=1S/C12H14BrN5O2S/c1-3-14-12-16-5-9(6-17-12)21(19,20)18-11-4-8(2)10(13)7-15-11/h4-7H,3H2,1-2H3,(H,15,18)(H,14,16,17). The minimum Gasteiger partial charge on any atom is -0.355 e. The number of hydrogen-bond acceptors (Lipinski definition) is 6. The number of pyridine rings is 1. The van der Waals surface area contributed by atoms with Gasteiger partial charge in [0.25, 0.3) is 10.0 Å². The Labute approximate surface area is 131 Å². The highest BCUT2D eigenvalue weighted by molar-refractivity contribution is 9.10. The molecule has 0 spiro atoms. The summed E-state index contributed by atoms with van der Waals surface area (Å²) >= 11 is 3.31. The average Bonchev–Trinajstić information content (AvgIpc) is 2.44. The molecule has 0 saturated heterocycles. The third kappa shape index (κ3) is 3.88. The van der Waals surface area contributed by atoms with Crippen LogP contribution in [0.25, 0.3) is 0 Å². The molecule has 112 valence electrons. The SMILES string of the molecule is CCNc1ncc(S(=O)(=O)Nc2cc(C)c(Br)cn2)cn1. The predicted molar refractivity (Wildman–Crippen MR) is 83.7 cm³/mol. The lowest BCUT2D eigenvalue weighted by Crippen LogP contribution is -2.15. The van der Waals surface area contributed by atoms with Crippen molar-refractivity contribution in [3.63, 3.8) is 0 Å². The Morgan fingerprint density at radius 1 is 1.19 bits per heavy atom. The van der Waals surface area contributed by atoms with E-state index in [9.17, 15) is 8.42 Å². The number of hydrogen-bond donors (Lipinski definition) is 2. The van der Waals surface area contributed by atoms with Crippen molar-refractivity contribution < 1.29 is 8.42 Å². The summed E-state index contributed by atoms with van der Waals surface area (Å²) in [5.41, 5.74) is 0.876. The van der Waals surface area contributed by atoms with E-state index in [1.165, 1.54) is 18.6 Å². The Hall–Kier alpha value is -1.74. The van der Waals surface area contributed by atoms with Crippen LogP contribution in [0.3, 0.4) is 0 Å². The minimum atomic E-state index is -3.76. The quantitative estimate of drug-likeness (QED) is 0.835. The van der Waals surface area contributed by atoms with Gasteiger partial charge in [-0.05, 0) is 41.4 Å². The van der Waals surface area contributed by atoms with E-state index in [1.54, 1.807) is 6.07 Å². The van der Waals surface area contributed by atoms with Crippen molar-refractivity contribution in [1.29, 1.82) is 0 Å². The number of rotatable bonds is 5. The summed E-state index contributed by atoms with van der Waals surface area (Å²) in [6, 6.07) is 1.63. The largest absolute Gasteiger partial charge is 0.355 e. The van der Waals surface area contributed by atoms with Crippen LogP contribution in [-0.4, -0.2) is 29.9 Å². The first-order chi connectivity index (χ1) is 9.92. The minimum absolute atomic E-state index is 0.0217. The van der Waals surface area contributed by atoms with Crippen molar-refractivity contribution >= 4 is 37.7 Å². The van der Waals surface area contributed by atoms with Gasteiger partial charge in [-0.1, -0.05) is 0 Å². The molecule has 0 aliphatic rings. The van der Waals surface area contributed by atoms with Gasteiger partial charge in [-0.25, -0.2) is 23.4 Å². The van der Waals surface area contributed by atoms with Crippen molar-refractivity contribution in [1.82, 2.24) is 15.0 Å². The molecule has 9 heteroatoms. The predicted octanol–water partition coefficient (Wildman–Crippen LogP) is 2.18. The number of nitrogens with zero attached hydrogens (tertiary/aromatic N) is 3. The van der Waals surface area contributed by atoms with E-state index in [4.69, 9.17) is 0 Å². The summed E-state index contributed by atoms with van der Waals surface area (Å²) in [5.74, 6) is 0.625. The molecule has 0 aliphatic carbocycles. The van der Waals surface area contributed by atoms with Crippen LogP contribution in [0, 0.1) is 6.92 Å². The van der Waals surface area contributed by atoms with Gasteiger partial charge in [-0.3, -0.25) is 4.72 Å². The molecule has 0 fully saturated rings. The lowest BCUT2D eigenvalue weighted by atomic mass is 10.3. The summed E-state index contributed by atoms with van der Waals surface area (Å²) < 4.78 is 27.6. The number of aromatic nitrogens is 3. The molecule has 0 bridgehead atoms. The van der Waals surface area contributed by atoms with Crippen LogP contribution < -0.4 is 10.0 Å². The Bertz CT molecular complexity index is 734. The molecule has 2 aromatic heterocycles. The molecular weight excluding hydrogens is 358 g/mol. The molecule has 7 nitrogen and oxygen atoms in total. The Morgan fingerprint density at radius 2 is 1.86 bits per heavy atom. The molecule has 2 N–H and O–H groups in total. The van der Waals surface area contributed by atoms with E-state index in [0.29, 0.717) is 12.5 Å². The average molecular weight is 372 g/mol. The molecule has 2 rings (SSSR count). The summed E-state index contributed by atoms with van der Waals surface area (Å²) in [7, 11) is -3.76. The molecule has 0 radical (unpaired) electrons. The molecule has 0 amide bonds. The smallest absolute Gasteiger partial charge is 0.266 e. The Balaban J connectivity index is 2.23. The summed E-state index contributed by atoms with van der Waals surface area (Å²) in [4.78, 5) is 11.9. The van der Waals surface area contributed by atoms with Gasteiger partial charge in [0.15, 0.2) is 0 Å². The van der Waals surface area contributed by atoms with Crippen LogP contribution in [0.15, 0.2) is 34.0 Å². The highest BCUT2D eigenvalue weighted by Gasteiger charge is 2.16. The van der Waals surface area contributed by atoms with Gasteiger partial charge in [0.2, 0.25) is 5.95 Å². The van der Waals surface area contributed by atoms with Crippen molar-refractivity contribution in [2.24, 2.45) is 0 Å². The van der Waals surface area contributed by atoms with E-state index in [1.807, 2.05) is 13.8 Å². The van der Waals surface area contributed by atoms with Gasteiger partial charge >= 0.3 is 0 Å². The first-order valence-corrected chi connectivity index (χ1v) is 8.41.